The molecule has 5 N–H and O–H groups in total. The van der Waals surface area contributed by atoms with Crippen LogP contribution in [-0.2, 0) is 10.3 Å². The number of primary amides is 1. The van der Waals surface area contributed by atoms with E-state index in [1.807, 2.05) is 18.2 Å². The molecular formula is C8H13N3O4S. The summed E-state index contributed by atoms with van der Waals surface area (Å²) in [6, 6.07) is 9.16. The average molecular weight is 247 g/mol. The van der Waals surface area contributed by atoms with Crippen LogP contribution in [-0.4, -0.2) is 19.0 Å². The van der Waals surface area contributed by atoms with Crippen LogP contribution in [0.15, 0.2) is 30.3 Å². The van der Waals surface area contributed by atoms with Crippen molar-refractivity contribution in [3.8, 4) is 0 Å². The molecule has 1 aromatic rings. The first-order valence-electron chi connectivity index (χ1n) is 4.12. The molecule has 1 aromatic carbocycles. The number of amides is 2. The van der Waals surface area contributed by atoms with E-state index >= 15 is 0 Å². The Morgan fingerprint density at radius 1 is 1.31 bits per heavy atom. The van der Waals surface area contributed by atoms with Crippen LogP contribution in [0.5, 0.6) is 0 Å². The number of nitrogens with one attached hydrogen (secondary N) is 2. The topological polar surface area (TPSA) is 122 Å². The van der Waals surface area contributed by atoms with E-state index < -0.39 is 16.3 Å². The minimum atomic E-state index is -4.38. The largest absolute Gasteiger partial charge is 0.351 e. The van der Waals surface area contributed by atoms with E-state index in [1.165, 1.54) is 15.8 Å². The zero-order valence-corrected chi connectivity index (χ0v) is 9.36. The summed E-state index contributed by atoms with van der Waals surface area (Å²) in [7, 11) is -4.38. The second-order valence-corrected chi connectivity index (χ2v) is 3.88. The standard InChI is InChI=1S/C7H8.CH5N3O4S/c1-7-5-3-2-4-6-7;2-1(5)3-4-9(6,7)8/h2-6H,1H3;4H,(H3,2,3,5)(H,6,7,8). The molecule has 0 atom stereocenters. The Kier molecular flexibility index (Phi) is 6.08. The molecule has 0 aliphatic carbocycles. The molecule has 0 spiro atoms. The van der Waals surface area contributed by atoms with Crippen molar-refractivity contribution in [1.82, 2.24) is 10.3 Å². The Morgan fingerprint density at radius 2 is 1.81 bits per heavy atom. The molecular weight excluding hydrogens is 234 g/mol. The number of benzene rings is 1. The summed E-state index contributed by atoms with van der Waals surface area (Å²) in [4.78, 5) is 10.9. The van der Waals surface area contributed by atoms with Crippen LogP contribution >= 0.6 is 0 Å². The molecule has 0 aliphatic heterocycles. The highest BCUT2D eigenvalue weighted by molar-refractivity contribution is 7.83. The Hall–Kier alpha value is -1.64. The lowest BCUT2D eigenvalue weighted by Gasteiger charge is -1.97. The fourth-order valence-corrected chi connectivity index (χ4v) is 0.879. The lowest BCUT2D eigenvalue weighted by molar-refractivity contribution is 0.247. The van der Waals surface area contributed by atoms with E-state index in [0.29, 0.717) is 0 Å². The van der Waals surface area contributed by atoms with Gasteiger partial charge in [0.05, 0.1) is 0 Å². The van der Waals surface area contributed by atoms with E-state index in [9.17, 15) is 13.2 Å². The van der Waals surface area contributed by atoms with Gasteiger partial charge < -0.3 is 5.73 Å². The number of hydrazine groups is 1. The number of aryl methyl sites for hydroxylation is 1. The van der Waals surface area contributed by atoms with Gasteiger partial charge in [0, 0.05) is 0 Å². The highest BCUT2D eigenvalue weighted by Crippen LogP contribution is 1.92. The fraction of sp³-hybridized carbons (Fsp3) is 0.125. The average Bonchev–Trinajstić information content (AvgIpc) is 2.16. The lowest BCUT2D eigenvalue weighted by atomic mass is 10.2. The van der Waals surface area contributed by atoms with E-state index in [0.717, 1.165) is 0 Å². The quantitative estimate of drug-likeness (QED) is 0.432. The number of urea groups is 1. The van der Waals surface area contributed by atoms with Crippen LogP contribution in [0.3, 0.4) is 0 Å². The molecule has 0 fully saturated rings. The van der Waals surface area contributed by atoms with Crippen LogP contribution in [0.1, 0.15) is 5.56 Å². The molecule has 0 heterocycles. The van der Waals surface area contributed by atoms with Crippen molar-refractivity contribution < 1.29 is 17.8 Å². The van der Waals surface area contributed by atoms with Gasteiger partial charge in [-0.05, 0) is 6.92 Å². The van der Waals surface area contributed by atoms with Gasteiger partial charge in [0.25, 0.3) is 0 Å². The molecule has 0 aliphatic rings. The molecule has 0 aromatic heterocycles. The maximum absolute atomic E-state index is 9.72. The van der Waals surface area contributed by atoms with E-state index in [-0.39, 0.29) is 0 Å². The minimum absolute atomic E-state index is 1.10. The third-order valence-corrected chi connectivity index (χ3v) is 1.60. The summed E-state index contributed by atoms with van der Waals surface area (Å²) in [6.45, 7) is 2.08. The van der Waals surface area contributed by atoms with E-state index in [4.69, 9.17) is 4.55 Å². The van der Waals surface area contributed by atoms with Crippen LogP contribution < -0.4 is 16.0 Å². The Labute approximate surface area is 93.5 Å². The van der Waals surface area contributed by atoms with Gasteiger partial charge in [-0.25, -0.2) is 4.79 Å². The van der Waals surface area contributed by atoms with Crippen LogP contribution in [0.4, 0.5) is 4.79 Å². The zero-order chi connectivity index (χ0) is 12.6. The van der Waals surface area contributed by atoms with Gasteiger partial charge >= 0.3 is 16.3 Å². The van der Waals surface area contributed by atoms with Crippen LogP contribution in [0.2, 0.25) is 0 Å². The second kappa shape index (κ2) is 6.77. The number of carbonyl (C=O) groups excluding carboxylic acids is 1. The van der Waals surface area contributed by atoms with Crippen LogP contribution in [0.25, 0.3) is 0 Å². The first-order chi connectivity index (χ1) is 7.31. The Morgan fingerprint density at radius 3 is 2.00 bits per heavy atom. The van der Waals surface area contributed by atoms with Crippen LogP contribution in [0, 0.1) is 6.92 Å². The molecule has 7 nitrogen and oxygen atoms in total. The van der Waals surface area contributed by atoms with Crippen molar-refractivity contribution in [3.63, 3.8) is 0 Å². The van der Waals surface area contributed by atoms with Gasteiger partial charge in [-0.3, -0.25) is 9.98 Å². The van der Waals surface area contributed by atoms with Crippen molar-refractivity contribution in [1.29, 1.82) is 0 Å². The van der Waals surface area contributed by atoms with Gasteiger partial charge in [0.15, 0.2) is 0 Å². The maximum atomic E-state index is 9.72. The van der Waals surface area contributed by atoms with Gasteiger partial charge in [-0.1, -0.05) is 35.9 Å². The molecule has 0 radical (unpaired) electrons. The predicted molar refractivity (Wildman–Crippen MR) is 58.6 cm³/mol. The molecule has 0 bridgehead atoms. The Balaban J connectivity index is 0.000000288. The fourth-order valence-electron chi connectivity index (χ4n) is 0.649. The highest BCUT2D eigenvalue weighted by atomic mass is 32.2. The van der Waals surface area contributed by atoms with Gasteiger partial charge in [-0.15, -0.1) is 4.83 Å². The van der Waals surface area contributed by atoms with Gasteiger partial charge in [-0.2, -0.15) is 8.42 Å². The summed E-state index contributed by atoms with van der Waals surface area (Å²) in [6.07, 6.45) is 0. The van der Waals surface area contributed by atoms with Crippen molar-refractivity contribution in [3.05, 3.63) is 35.9 Å². The third-order valence-electron chi connectivity index (χ3n) is 1.24. The van der Waals surface area contributed by atoms with Crippen molar-refractivity contribution >= 4 is 16.3 Å². The van der Waals surface area contributed by atoms with Crippen molar-refractivity contribution in [2.75, 3.05) is 0 Å². The molecule has 0 unspecified atom stereocenters. The molecule has 90 valence electrons. The number of nitrogens with two attached hydrogens (primary N) is 1. The maximum Gasteiger partial charge on any atom is 0.350 e. The Bertz CT molecular complexity index is 418. The zero-order valence-electron chi connectivity index (χ0n) is 8.54. The van der Waals surface area contributed by atoms with Crippen molar-refractivity contribution in [2.24, 2.45) is 5.73 Å². The predicted octanol–water partition coefficient (Wildman–Crippen LogP) is -0.0429. The van der Waals surface area contributed by atoms with E-state index in [2.05, 4.69) is 24.8 Å². The third kappa shape index (κ3) is 10.4. The summed E-state index contributed by atoms with van der Waals surface area (Å²) >= 11 is 0. The van der Waals surface area contributed by atoms with Gasteiger partial charge in [0.2, 0.25) is 0 Å². The molecule has 1 rings (SSSR count). The summed E-state index contributed by atoms with van der Waals surface area (Å²) < 4.78 is 27.3. The summed E-state index contributed by atoms with van der Waals surface area (Å²) in [5.41, 5.74) is 7.17. The summed E-state index contributed by atoms with van der Waals surface area (Å²) in [5, 5.41) is 0. The van der Waals surface area contributed by atoms with Crippen molar-refractivity contribution in [2.45, 2.75) is 6.92 Å². The second-order valence-electron chi connectivity index (χ2n) is 2.72. The molecule has 0 saturated carbocycles. The number of carbonyl (C=O) groups is 1. The first-order valence-corrected chi connectivity index (χ1v) is 5.56. The molecule has 8 heteroatoms. The summed E-state index contributed by atoms with van der Waals surface area (Å²) in [5.74, 6) is 0. The highest BCUT2D eigenvalue weighted by Gasteiger charge is 2.01. The number of rotatable bonds is 2. The van der Waals surface area contributed by atoms with Gasteiger partial charge in [0.1, 0.15) is 0 Å². The normalized spacial score (nSPS) is 9.88. The SMILES string of the molecule is Cc1ccccc1.NC(=O)NNS(=O)(=O)O. The molecule has 16 heavy (non-hydrogen) atoms. The first kappa shape index (κ1) is 14.4. The number of hydrogen-bond acceptors (Lipinski definition) is 3. The number of hydrogen-bond donors (Lipinski definition) is 4. The minimum Gasteiger partial charge on any atom is -0.351 e. The molecule has 0 saturated heterocycles. The lowest BCUT2D eigenvalue weighted by Crippen LogP contribution is -2.44. The molecule has 2 amide bonds. The smallest absolute Gasteiger partial charge is 0.350 e. The van der Waals surface area contributed by atoms with E-state index in [1.54, 1.807) is 0 Å². The monoisotopic (exact) mass is 247 g/mol.